The van der Waals surface area contributed by atoms with Gasteiger partial charge in [0.1, 0.15) is 0 Å². The van der Waals surface area contributed by atoms with Gasteiger partial charge in [0.05, 0.1) is 5.60 Å². The standard InChI is InChI=1S/C13H26N2O/c1-10-6-11(8-14)9-15(10)12-4-5-16-13(2,3)7-12/h10-12H,4-9,14H2,1-3H3. The molecule has 0 aromatic heterocycles. The van der Waals surface area contributed by atoms with Crippen molar-refractivity contribution in [1.82, 2.24) is 4.90 Å². The van der Waals surface area contributed by atoms with E-state index in [1.807, 2.05) is 0 Å². The predicted octanol–water partition coefficient (Wildman–Crippen LogP) is 1.61. The van der Waals surface area contributed by atoms with E-state index in [-0.39, 0.29) is 5.60 Å². The van der Waals surface area contributed by atoms with Crippen molar-refractivity contribution in [1.29, 1.82) is 0 Å². The smallest absolute Gasteiger partial charge is 0.0641 e. The van der Waals surface area contributed by atoms with Crippen molar-refractivity contribution in [3.8, 4) is 0 Å². The third-order valence-electron chi connectivity index (χ3n) is 4.18. The second-order valence-corrected chi connectivity index (χ2v) is 6.14. The van der Waals surface area contributed by atoms with Crippen LogP contribution in [0.15, 0.2) is 0 Å². The molecule has 0 amide bonds. The zero-order chi connectivity index (χ0) is 11.8. The zero-order valence-electron chi connectivity index (χ0n) is 10.9. The summed E-state index contributed by atoms with van der Waals surface area (Å²) in [6.45, 7) is 9.71. The van der Waals surface area contributed by atoms with Gasteiger partial charge in [0.2, 0.25) is 0 Å². The first kappa shape index (κ1) is 12.3. The highest BCUT2D eigenvalue weighted by Gasteiger charge is 2.38. The van der Waals surface area contributed by atoms with E-state index in [9.17, 15) is 0 Å². The molecular formula is C13H26N2O. The van der Waals surface area contributed by atoms with Gasteiger partial charge in [-0.3, -0.25) is 4.90 Å². The lowest BCUT2D eigenvalue weighted by Gasteiger charge is -2.41. The Morgan fingerprint density at radius 1 is 1.44 bits per heavy atom. The fourth-order valence-corrected chi connectivity index (χ4v) is 3.33. The van der Waals surface area contributed by atoms with Gasteiger partial charge in [0.25, 0.3) is 0 Å². The first-order valence-electron chi connectivity index (χ1n) is 6.61. The summed E-state index contributed by atoms with van der Waals surface area (Å²) in [6, 6.07) is 1.41. The van der Waals surface area contributed by atoms with E-state index in [0.717, 1.165) is 19.6 Å². The normalized spacial score (nSPS) is 40.1. The first-order valence-corrected chi connectivity index (χ1v) is 6.61. The van der Waals surface area contributed by atoms with Crippen LogP contribution in [-0.4, -0.2) is 42.3 Å². The van der Waals surface area contributed by atoms with Gasteiger partial charge in [-0.1, -0.05) is 0 Å². The molecule has 0 spiro atoms. The maximum atomic E-state index is 5.79. The molecule has 2 rings (SSSR count). The molecule has 94 valence electrons. The van der Waals surface area contributed by atoms with Crippen molar-refractivity contribution in [2.24, 2.45) is 11.7 Å². The van der Waals surface area contributed by atoms with Crippen molar-refractivity contribution in [2.45, 2.75) is 57.7 Å². The number of rotatable bonds is 2. The summed E-state index contributed by atoms with van der Waals surface area (Å²) in [7, 11) is 0. The highest BCUT2D eigenvalue weighted by atomic mass is 16.5. The van der Waals surface area contributed by atoms with Gasteiger partial charge < -0.3 is 10.5 Å². The van der Waals surface area contributed by atoms with E-state index >= 15 is 0 Å². The summed E-state index contributed by atoms with van der Waals surface area (Å²) < 4.78 is 5.79. The molecule has 3 unspecified atom stereocenters. The average molecular weight is 226 g/mol. The van der Waals surface area contributed by atoms with Gasteiger partial charge >= 0.3 is 0 Å². The Morgan fingerprint density at radius 2 is 2.19 bits per heavy atom. The Labute approximate surface area is 99.3 Å². The largest absolute Gasteiger partial charge is 0.375 e. The van der Waals surface area contributed by atoms with Crippen molar-refractivity contribution in [3.63, 3.8) is 0 Å². The minimum Gasteiger partial charge on any atom is -0.375 e. The summed E-state index contributed by atoms with van der Waals surface area (Å²) in [5.41, 5.74) is 5.85. The molecule has 2 aliphatic heterocycles. The molecule has 2 fully saturated rings. The molecule has 3 heteroatoms. The number of nitrogens with zero attached hydrogens (tertiary/aromatic N) is 1. The number of likely N-dealkylation sites (tertiary alicyclic amines) is 1. The maximum absolute atomic E-state index is 5.79. The lowest BCUT2D eigenvalue weighted by atomic mass is 9.92. The van der Waals surface area contributed by atoms with Crippen LogP contribution in [0.3, 0.4) is 0 Å². The predicted molar refractivity (Wildman–Crippen MR) is 66.4 cm³/mol. The van der Waals surface area contributed by atoms with Crippen LogP contribution in [0, 0.1) is 5.92 Å². The second kappa shape index (κ2) is 4.63. The van der Waals surface area contributed by atoms with Gasteiger partial charge in [-0.25, -0.2) is 0 Å². The molecule has 0 aromatic carbocycles. The Bertz CT molecular complexity index is 242. The van der Waals surface area contributed by atoms with Crippen molar-refractivity contribution in [2.75, 3.05) is 19.7 Å². The van der Waals surface area contributed by atoms with Crippen molar-refractivity contribution >= 4 is 0 Å². The van der Waals surface area contributed by atoms with Crippen LogP contribution >= 0.6 is 0 Å². The van der Waals surface area contributed by atoms with E-state index in [4.69, 9.17) is 10.5 Å². The summed E-state index contributed by atoms with van der Waals surface area (Å²) in [5, 5.41) is 0. The van der Waals surface area contributed by atoms with Crippen LogP contribution in [0.1, 0.15) is 40.0 Å². The number of ether oxygens (including phenoxy) is 1. The van der Waals surface area contributed by atoms with Crippen molar-refractivity contribution in [3.05, 3.63) is 0 Å². The molecule has 0 radical (unpaired) electrons. The first-order chi connectivity index (χ1) is 7.52. The summed E-state index contributed by atoms with van der Waals surface area (Å²) in [6.07, 6.45) is 3.62. The van der Waals surface area contributed by atoms with E-state index in [2.05, 4.69) is 25.7 Å². The second-order valence-electron chi connectivity index (χ2n) is 6.14. The molecule has 0 saturated carbocycles. The quantitative estimate of drug-likeness (QED) is 0.777. The van der Waals surface area contributed by atoms with E-state index in [1.54, 1.807) is 0 Å². The molecule has 2 saturated heterocycles. The van der Waals surface area contributed by atoms with Crippen LogP contribution in [0.5, 0.6) is 0 Å². The summed E-state index contributed by atoms with van der Waals surface area (Å²) in [4.78, 5) is 2.67. The topological polar surface area (TPSA) is 38.5 Å². The van der Waals surface area contributed by atoms with Gasteiger partial charge in [0.15, 0.2) is 0 Å². The van der Waals surface area contributed by atoms with Crippen LogP contribution < -0.4 is 5.73 Å². The third-order valence-corrected chi connectivity index (χ3v) is 4.18. The summed E-state index contributed by atoms with van der Waals surface area (Å²) >= 11 is 0. The highest BCUT2D eigenvalue weighted by Crippen LogP contribution is 2.33. The molecule has 0 aliphatic carbocycles. The fraction of sp³-hybridized carbons (Fsp3) is 1.00. The maximum Gasteiger partial charge on any atom is 0.0641 e. The molecule has 3 atom stereocenters. The lowest BCUT2D eigenvalue weighted by Crippen LogP contribution is -2.47. The minimum absolute atomic E-state index is 0.0590. The average Bonchev–Trinajstić information content (AvgIpc) is 2.58. The molecule has 2 aliphatic rings. The van der Waals surface area contributed by atoms with Crippen LogP contribution in [-0.2, 0) is 4.74 Å². The Kier molecular flexibility index (Phi) is 3.57. The van der Waals surface area contributed by atoms with Gasteiger partial charge in [-0.15, -0.1) is 0 Å². The van der Waals surface area contributed by atoms with Gasteiger partial charge in [-0.2, -0.15) is 0 Å². The molecule has 0 bridgehead atoms. The van der Waals surface area contributed by atoms with E-state index in [0.29, 0.717) is 18.0 Å². The van der Waals surface area contributed by atoms with Crippen LogP contribution in [0.4, 0.5) is 0 Å². The van der Waals surface area contributed by atoms with Gasteiger partial charge in [0, 0.05) is 25.2 Å². The number of hydrogen-bond acceptors (Lipinski definition) is 3. The Hall–Kier alpha value is -0.120. The molecule has 2 N–H and O–H groups in total. The molecular weight excluding hydrogens is 200 g/mol. The third kappa shape index (κ3) is 2.58. The SMILES string of the molecule is CC1CC(CN)CN1C1CCOC(C)(C)C1. The lowest BCUT2D eigenvalue weighted by molar-refractivity contribution is -0.0845. The summed E-state index contributed by atoms with van der Waals surface area (Å²) in [5.74, 6) is 0.709. The monoisotopic (exact) mass is 226 g/mol. The van der Waals surface area contributed by atoms with Gasteiger partial charge in [-0.05, 0) is 52.5 Å². The van der Waals surface area contributed by atoms with E-state index in [1.165, 1.54) is 19.4 Å². The minimum atomic E-state index is 0.0590. The molecule has 16 heavy (non-hydrogen) atoms. The van der Waals surface area contributed by atoms with Crippen LogP contribution in [0.2, 0.25) is 0 Å². The molecule has 0 aromatic rings. The number of hydrogen-bond donors (Lipinski definition) is 1. The zero-order valence-corrected chi connectivity index (χ0v) is 10.9. The Morgan fingerprint density at radius 3 is 2.75 bits per heavy atom. The van der Waals surface area contributed by atoms with Crippen LogP contribution in [0.25, 0.3) is 0 Å². The van der Waals surface area contributed by atoms with E-state index < -0.39 is 0 Å². The highest BCUT2D eigenvalue weighted by molar-refractivity contribution is 4.92. The molecule has 3 nitrogen and oxygen atoms in total. The molecule has 2 heterocycles. The fourth-order valence-electron chi connectivity index (χ4n) is 3.33. The number of nitrogens with two attached hydrogens (primary N) is 1. The Balaban J connectivity index is 1.97. The van der Waals surface area contributed by atoms with Crippen molar-refractivity contribution < 1.29 is 4.74 Å².